The van der Waals surface area contributed by atoms with Gasteiger partial charge in [-0.25, -0.2) is 0 Å². The molecule has 2 nitrogen and oxygen atoms in total. The molecule has 0 aromatic carbocycles. The number of rotatable bonds is 3. The van der Waals surface area contributed by atoms with Crippen molar-refractivity contribution in [2.24, 2.45) is 0 Å². The SMILES string of the molecule is C=C(NCC)N1CCCC1.CC. The number of hydrogen-bond donors (Lipinski definition) is 1. The van der Waals surface area contributed by atoms with Crippen molar-refractivity contribution < 1.29 is 0 Å². The van der Waals surface area contributed by atoms with E-state index in [-0.39, 0.29) is 0 Å². The fourth-order valence-corrected chi connectivity index (χ4v) is 1.30. The highest BCUT2D eigenvalue weighted by molar-refractivity contribution is 4.92. The van der Waals surface area contributed by atoms with Crippen LogP contribution in [0.2, 0.25) is 0 Å². The monoisotopic (exact) mass is 170 g/mol. The molecular formula is C10H22N2. The van der Waals surface area contributed by atoms with E-state index in [1.165, 1.54) is 25.9 Å². The van der Waals surface area contributed by atoms with Crippen LogP contribution in [0.5, 0.6) is 0 Å². The van der Waals surface area contributed by atoms with Crippen molar-refractivity contribution in [1.29, 1.82) is 0 Å². The molecule has 12 heavy (non-hydrogen) atoms. The fourth-order valence-electron chi connectivity index (χ4n) is 1.30. The third kappa shape index (κ3) is 3.65. The van der Waals surface area contributed by atoms with Gasteiger partial charge in [-0.05, 0) is 19.8 Å². The summed E-state index contributed by atoms with van der Waals surface area (Å²) in [6.45, 7) is 13.4. The largest absolute Gasteiger partial charge is 0.373 e. The van der Waals surface area contributed by atoms with Gasteiger partial charge in [0.15, 0.2) is 0 Å². The van der Waals surface area contributed by atoms with Gasteiger partial charge in [-0.15, -0.1) is 0 Å². The van der Waals surface area contributed by atoms with Gasteiger partial charge in [0.2, 0.25) is 0 Å². The Morgan fingerprint density at radius 3 is 2.25 bits per heavy atom. The van der Waals surface area contributed by atoms with E-state index >= 15 is 0 Å². The summed E-state index contributed by atoms with van der Waals surface area (Å²) in [5.41, 5.74) is 0. The number of hydrogen-bond acceptors (Lipinski definition) is 2. The zero-order chi connectivity index (χ0) is 9.40. The molecule has 1 saturated heterocycles. The lowest BCUT2D eigenvalue weighted by Crippen LogP contribution is -2.28. The second-order valence-corrected chi connectivity index (χ2v) is 2.67. The molecule has 0 saturated carbocycles. The maximum atomic E-state index is 3.94. The molecule has 2 heteroatoms. The maximum Gasteiger partial charge on any atom is 0.0938 e. The Morgan fingerprint density at radius 2 is 1.83 bits per heavy atom. The van der Waals surface area contributed by atoms with Gasteiger partial charge >= 0.3 is 0 Å². The minimum Gasteiger partial charge on any atom is -0.373 e. The van der Waals surface area contributed by atoms with Gasteiger partial charge < -0.3 is 10.2 Å². The normalized spacial score (nSPS) is 15.1. The van der Waals surface area contributed by atoms with Crippen molar-refractivity contribution in [2.75, 3.05) is 19.6 Å². The van der Waals surface area contributed by atoms with Gasteiger partial charge in [0.05, 0.1) is 5.82 Å². The van der Waals surface area contributed by atoms with E-state index in [0.29, 0.717) is 0 Å². The van der Waals surface area contributed by atoms with Crippen LogP contribution in [0.1, 0.15) is 33.6 Å². The third-order valence-corrected chi connectivity index (χ3v) is 1.87. The van der Waals surface area contributed by atoms with Crippen LogP contribution in [-0.4, -0.2) is 24.5 Å². The first-order valence-corrected chi connectivity index (χ1v) is 5.02. The lowest BCUT2D eigenvalue weighted by molar-refractivity contribution is 0.395. The maximum absolute atomic E-state index is 3.94. The van der Waals surface area contributed by atoms with E-state index in [2.05, 4.69) is 23.7 Å². The molecule has 0 aliphatic carbocycles. The summed E-state index contributed by atoms with van der Waals surface area (Å²) in [6, 6.07) is 0. The molecule has 0 spiro atoms. The first-order valence-electron chi connectivity index (χ1n) is 5.02. The van der Waals surface area contributed by atoms with Gasteiger partial charge in [-0.2, -0.15) is 0 Å². The van der Waals surface area contributed by atoms with Crippen molar-refractivity contribution in [1.82, 2.24) is 10.2 Å². The lowest BCUT2D eigenvalue weighted by Gasteiger charge is -2.20. The highest BCUT2D eigenvalue weighted by Crippen LogP contribution is 2.10. The molecule has 1 rings (SSSR count). The van der Waals surface area contributed by atoms with E-state index in [4.69, 9.17) is 0 Å². The third-order valence-electron chi connectivity index (χ3n) is 1.87. The van der Waals surface area contributed by atoms with Crippen LogP contribution in [0.3, 0.4) is 0 Å². The Labute approximate surface area is 76.6 Å². The molecule has 0 aromatic rings. The van der Waals surface area contributed by atoms with E-state index in [9.17, 15) is 0 Å². The average molecular weight is 170 g/mol. The minimum atomic E-state index is 0.981. The quantitative estimate of drug-likeness (QED) is 0.698. The van der Waals surface area contributed by atoms with Crippen LogP contribution in [0, 0.1) is 0 Å². The summed E-state index contributed by atoms with van der Waals surface area (Å²) in [6.07, 6.45) is 2.65. The molecular weight excluding hydrogens is 148 g/mol. The topological polar surface area (TPSA) is 15.3 Å². The van der Waals surface area contributed by atoms with E-state index in [1.54, 1.807) is 0 Å². The van der Waals surface area contributed by atoms with Crippen molar-refractivity contribution in [3.8, 4) is 0 Å². The van der Waals surface area contributed by atoms with Crippen molar-refractivity contribution in [2.45, 2.75) is 33.6 Å². The van der Waals surface area contributed by atoms with Gasteiger partial charge in [0, 0.05) is 19.6 Å². The average Bonchev–Trinajstić information content (AvgIpc) is 2.60. The molecule has 0 bridgehead atoms. The second kappa shape index (κ2) is 7.01. The van der Waals surface area contributed by atoms with Crippen LogP contribution < -0.4 is 5.32 Å². The van der Waals surface area contributed by atoms with Gasteiger partial charge in [0.25, 0.3) is 0 Å². The van der Waals surface area contributed by atoms with E-state index in [1.807, 2.05) is 13.8 Å². The summed E-state index contributed by atoms with van der Waals surface area (Å²) in [4.78, 5) is 2.31. The molecule has 1 aliphatic heterocycles. The predicted molar refractivity (Wildman–Crippen MR) is 55.0 cm³/mol. The smallest absolute Gasteiger partial charge is 0.0938 e. The highest BCUT2D eigenvalue weighted by Gasteiger charge is 2.11. The molecule has 0 atom stereocenters. The zero-order valence-electron chi connectivity index (χ0n) is 8.69. The van der Waals surface area contributed by atoms with Gasteiger partial charge in [0.1, 0.15) is 0 Å². The molecule has 1 fully saturated rings. The van der Waals surface area contributed by atoms with Crippen molar-refractivity contribution in [3.63, 3.8) is 0 Å². The van der Waals surface area contributed by atoms with Crippen LogP contribution in [-0.2, 0) is 0 Å². The number of nitrogens with one attached hydrogen (secondary N) is 1. The summed E-state index contributed by atoms with van der Waals surface area (Å²) >= 11 is 0. The minimum absolute atomic E-state index is 0.981. The Balaban J connectivity index is 0.000000561. The first kappa shape index (κ1) is 11.3. The van der Waals surface area contributed by atoms with Crippen LogP contribution in [0.15, 0.2) is 12.4 Å². The molecule has 0 aromatic heterocycles. The highest BCUT2D eigenvalue weighted by atomic mass is 15.2. The first-order chi connectivity index (χ1) is 5.84. The Hall–Kier alpha value is -0.660. The summed E-state index contributed by atoms with van der Waals surface area (Å²) in [5, 5.41) is 3.22. The van der Waals surface area contributed by atoms with Crippen molar-refractivity contribution in [3.05, 3.63) is 12.4 Å². The van der Waals surface area contributed by atoms with Gasteiger partial charge in [-0.3, -0.25) is 0 Å². The van der Waals surface area contributed by atoms with E-state index in [0.717, 1.165) is 12.4 Å². The molecule has 0 radical (unpaired) electrons. The van der Waals surface area contributed by atoms with Crippen LogP contribution >= 0.6 is 0 Å². The molecule has 0 amide bonds. The second-order valence-electron chi connectivity index (χ2n) is 2.67. The number of likely N-dealkylation sites (tertiary alicyclic amines) is 1. The van der Waals surface area contributed by atoms with Crippen LogP contribution in [0.25, 0.3) is 0 Å². The molecule has 1 heterocycles. The van der Waals surface area contributed by atoms with Gasteiger partial charge in [-0.1, -0.05) is 20.4 Å². The number of nitrogens with zero attached hydrogens (tertiary/aromatic N) is 1. The fraction of sp³-hybridized carbons (Fsp3) is 0.800. The molecule has 0 unspecified atom stereocenters. The van der Waals surface area contributed by atoms with Crippen LogP contribution in [0.4, 0.5) is 0 Å². The van der Waals surface area contributed by atoms with Crippen molar-refractivity contribution >= 4 is 0 Å². The molecule has 1 N–H and O–H groups in total. The Morgan fingerprint density at radius 1 is 1.33 bits per heavy atom. The predicted octanol–water partition coefficient (Wildman–Crippen LogP) is 2.19. The van der Waals surface area contributed by atoms with E-state index < -0.39 is 0 Å². The lowest BCUT2D eigenvalue weighted by atomic mass is 10.4. The zero-order valence-corrected chi connectivity index (χ0v) is 8.69. The summed E-state index contributed by atoms with van der Waals surface area (Å²) in [7, 11) is 0. The summed E-state index contributed by atoms with van der Waals surface area (Å²) in [5.74, 6) is 1.10. The Kier molecular flexibility index (Phi) is 6.63. The standard InChI is InChI=1S/C8H16N2.C2H6/c1-3-9-8(2)10-6-4-5-7-10;1-2/h9H,2-7H2,1H3;1-2H3. The Bertz CT molecular complexity index is 115. The molecule has 72 valence electrons. The summed E-state index contributed by atoms with van der Waals surface area (Å²) < 4.78 is 0. The molecule has 1 aliphatic rings.